The molecule has 1 aliphatic heterocycles. The van der Waals surface area contributed by atoms with Gasteiger partial charge < -0.3 is 20.3 Å². The number of alkyl halides is 3. The molecule has 1 saturated heterocycles. The van der Waals surface area contributed by atoms with Crippen LogP contribution in [0.3, 0.4) is 0 Å². The summed E-state index contributed by atoms with van der Waals surface area (Å²) in [5, 5.41) is 6.03. The lowest BCUT2D eigenvalue weighted by Crippen LogP contribution is -2.49. The highest BCUT2D eigenvalue weighted by Gasteiger charge is 2.32. The fourth-order valence-electron chi connectivity index (χ4n) is 3.13. The van der Waals surface area contributed by atoms with Crippen molar-refractivity contribution in [3.05, 3.63) is 35.4 Å². The van der Waals surface area contributed by atoms with Crippen LogP contribution in [0.15, 0.2) is 29.3 Å². The zero-order valence-electron chi connectivity index (χ0n) is 18.4. The van der Waals surface area contributed by atoms with Gasteiger partial charge in [-0.05, 0) is 45.4 Å². The molecule has 0 radical (unpaired) electrons. The van der Waals surface area contributed by atoms with Crippen molar-refractivity contribution in [2.45, 2.75) is 40.0 Å². The van der Waals surface area contributed by atoms with E-state index in [-0.39, 0.29) is 36.4 Å². The summed E-state index contributed by atoms with van der Waals surface area (Å²) in [6, 6.07) is 5.23. The van der Waals surface area contributed by atoms with Gasteiger partial charge in [-0.1, -0.05) is 12.1 Å². The monoisotopic (exact) mass is 556 g/mol. The van der Waals surface area contributed by atoms with Crippen LogP contribution in [-0.2, 0) is 15.7 Å². The lowest BCUT2D eigenvalue weighted by Gasteiger charge is -2.36. The molecule has 2 N–H and O–H groups in total. The highest BCUT2D eigenvalue weighted by molar-refractivity contribution is 14.0. The number of morpholine rings is 1. The maximum Gasteiger partial charge on any atom is 0.416 e. The number of guanidine groups is 1. The lowest BCUT2D eigenvalue weighted by atomic mass is 9.92. The number of hydrogen-bond acceptors (Lipinski definition) is 3. The van der Waals surface area contributed by atoms with Crippen LogP contribution in [0, 0.1) is 5.41 Å². The Hall–Kier alpha value is -1.56. The highest BCUT2D eigenvalue weighted by Crippen LogP contribution is 2.32. The average Bonchev–Trinajstić information content (AvgIpc) is 2.71. The molecule has 1 aromatic rings. The molecule has 6 nitrogen and oxygen atoms in total. The molecule has 176 valence electrons. The van der Waals surface area contributed by atoms with Crippen LogP contribution >= 0.6 is 24.0 Å². The fraction of sp³-hybridized carbons (Fsp3) is 0.619. The molecule has 10 heteroatoms. The quantitative estimate of drug-likeness (QED) is 0.318. The second-order valence-corrected chi connectivity index (χ2v) is 7.84. The first-order chi connectivity index (χ1) is 14.1. The first-order valence-electron chi connectivity index (χ1n) is 10.2. The van der Waals surface area contributed by atoms with Gasteiger partial charge in [-0.15, -0.1) is 24.0 Å². The lowest BCUT2D eigenvalue weighted by molar-refractivity contribution is -0.137. The van der Waals surface area contributed by atoms with Crippen molar-refractivity contribution < 1.29 is 22.7 Å². The number of halogens is 4. The van der Waals surface area contributed by atoms with Crippen molar-refractivity contribution in [2.75, 3.05) is 39.3 Å². The average molecular weight is 556 g/mol. The molecular formula is C21H32F3IN4O2. The minimum Gasteiger partial charge on any atom is -0.370 e. The Labute approximate surface area is 199 Å². The number of amides is 1. The molecule has 1 aromatic carbocycles. The minimum absolute atomic E-state index is 0. The van der Waals surface area contributed by atoms with Crippen LogP contribution in [0.2, 0.25) is 0 Å². The molecule has 1 aliphatic rings. The zero-order chi connectivity index (χ0) is 22.4. The maximum atomic E-state index is 13.1. The van der Waals surface area contributed by atoms with Gasteiger partial charge in [0, 0.05) is 19.6 Å². The van der Waals surface area contributed by atoms with Gasteiger partial charge in [0.15, 0.2) is 5.96 Å². The van der Waals surface area contributed by atoms with Crippen LogP contribution in [0.4, 0.5) is 13.2 Å². The van der Waals surface area contributed by atoms with Gasteiger partial charge in [-0.2, -0.15) is 13.2 Å². The van der Waals surface area contributed by atoms with E-state index in [2.05, 4.69) is 15.6 Å². The topological polar surface area (TPSA) is 66.0 Å². The van der Waals surface area contributed by atoms with Crippen molar-refractivity contribution in [1.29, 1.82) is 0 Å². The van der Waals surface area contributed by atoms with Gasteiger partial charge in [0.1, 0.15) is 6.10 Å². The van der Waals surface area contributed by atoms with Crippen LogP contribution in [0.5, 0.6) is 0 Å². The second-order valence-electron chi connectivity index (χ2n) is 7.84. The third-order valence-electron chi connectivity index (χ3n) is 4.86. The summed E-state index contributed by atoms with van der Waals surface area (Å²) in [6.07, 6.45) is -4.90. The van der Waals surface area contributed by atoms with E-state index in [1.165, 1.54) is 6.07 Å². The van der Waals surface area contributed by atoms with Crippen LogP contribution in [0.25, 0.3) is 0 Å². The first kappa shape index (κ1) is 27.5. The fourth-order valence-corrected chi connectivity index (χ4v) is 3.13. The number of rotatable bonds is 6. The second kappa shape index (κ2) is 11.9. The van der Waals surface area contributed by atoms with Crippen LogP contribution in [0.1, 0.15) is 44.9 Å². The predicted molar refractivity (Wildman–Crippen MR) is 126 cm³/mol. The summed E-state index contributed by atoms with van der Waals surface area (Å²) < 4.78 is 44.9. The van der Waals surface area contributed by atoms with E-state index in [1.54, 1.807) is 6.07 Å². The summed E-state index contributed by atoms with van der Waals surface area (Å²) in [7, 11) is 0. The molecule has 1 atom stereocenters. The molecule has 0 aliphatic carbocycles. The van der Waals surface area contributed by atoms with Gasteiger partial charge in [-0.25, -0.2) is 0 Å². The Morgan fingerprint density at radius 3 is 2.52 bits per heavy atom. The molecule has 1 heterocycles. The number of hydrogen-bond donors (Lipinski definition) is 2. The molecule has 1 fully saturated rings. The van der Waals surface area contributed by atoms with Crippen molar-refractivity contribution in [3.8, 4) is 0 Å². The number of carbonyl (C=O) groups is 1. The number of nitrogens with zero attached hydrogens (tertiary/aromatic N) is 2. The summed E-state index contributed by atoms with van der Waals surface area (Å²) in [5.74, 6) is 0.545. The normalized spacial score (nSPS) is 17.7. The third kappa shape index (κ3) is 7.81. The van der Waals surface area contributed by atoms with E-state index in [4.69, 9.17) is 4.74 Å². The Balaban J connectivity index is 0.00000480. The third-order valence-corrected chi connectivity index (χ3v) is 4.86. The first-order valence-corrected chi connectivity index (χ1v) is 10.2. The van der Waals surface area contributed by atoms with E-state index in [0.29, 0.717) is 44.3 Å². The smallest absolute Gasteiger partial charge is 0.370 e. The van der Waals surface area contributed by atoms with Crippen molar-refractivity contribution in [2.24, 2.45) is 10.4 Å². The Bertz CT molecular complexity index is 756. The minimum atomic E-state index is -4.40. The largest absolute Gasteiger partial charge is 0.416 e. The van der Waals surface area contributed by atoms with E-state index in [9.17, 15) is 18.0 Å². The van der Waals surface area contributed by atoms with Crippen LogP contribution in [-0.4, -0.2) is 56.1 Å². The maximum absolute atomic E-state index is 13.1. The van der Waals surface area contributed by atoms with Crippen molar-refractivity contribution in [3.63, 3.8) is 0 Å². The van der Waals surface area contributed by atoms with Gasteiger partial charge in [0.05, 0.1) is 30.7 Å². The molecule has 31 heavy (non-hydrogen) atoms. The SMILES string of the molecule is CCNC(=O)C(C)(C)CN=C(NCC)N1CCOC(c2cccc(C(F)(F)F)c2)C1.I. The van der Waals surface area contributed by atoms with Crippen molar-refractivity contribution in [1.82, 2.24) is 15.5 Å². The molecule has 0 spiro atoms. The Kier molecular flexibility index (Phi) is 10.5. The van der Waals surface area contributed by atoms with Crippen LogP contribution < -0.4 is 10.6 Å². The number of aliphatic imine (C=N–C) groups is 1. The molecule has 0 saturated carbocycles. The van der Waals surface area contributed by atoms with E-state index >= 15 is 0 Å². The van der Waals surface area contributed by atoms with E-state index in [0.717, 1.165) is 12.1 Å². The molecule has 2 rings (SSSR count). The summed E-state index contributed by atoms with van der Waals surface area (Å²) in [5.41, 5.74) is -0.887. The Morgan fingerprint density at radius 2 is 1.90 bits per heavy atom. The molecule has 1 amide bonds. The number of benzene rings is 1. The zero-order valence-corrected chi connectivity index (χ0v) is 20.7. The molecule has 0 bridgehead atoms. The summed E-state index contributed by atoms with van der Waals surface area (Å²) >= 11 is 0. The van der Waals surface area contributed by atoms with E-state index < -0.39 is 23.3 Å². The molecule has 0 aromatic heterocycles. The summed E-state index contributed by atoms with van der Waals surface area (Å²) in [6.45, 7) is 10.2. The van der Waals surface area contributed by atoms with Gasteiger partial charge in [0.2, 0.25) is 5.91 Å². The Morgan fingerprint density at radius 1 is 1.23 bits per heavy atom. The van der Waals surface area contributed by atoms with Crippen molar-refractivity contribution >= 4 is 35.8 Å². The highest BCUT2D eigenvalue weighted by atomic mass is 127. The predicted octanol–water partition coefficient (Wildman–Crippen LogP) is 3.82. The number of carbonyl (C=O) groups excluding carboxylic acids is 1. The van der Waals surface area contributed by atoms with Gasteiger partial charge in [0.25, 0.3) is 0 Å². The van der Waals surface area contributed by atoms with Gasteiger partial charge >= 0.3 is 6.18 Å². The van der Waals surface area contributed by atoms with Gasteiger partial charge in [-0.3, -0.25) is 9.79 Å². The molecular weight excluding hydrogens is 524 g/mol. The number of ether oxygens (including phenoxy) is 1. The number of nitrogens with one attached hydrogen (secondary N) is 2. The standard InChI is InChI=1S/C21H31F3N4O2.HI/c1-5-25-18(29)20(3,4)14-27-19(26-6-2)28-10-11-30-17(13-28)15-8-7-9-16(12-15)21(22,23)24;/h7-9,12,17H,5-6,10-11,13-14H2,1-4H3,(H,25,29)(H,26,27);1H. The summed E-state index contributed by atoms with van der Waals surface area (Å²) in [4.78, 5) is 18.8. The molecule has 1 unspecified atom stereocenters. The van der Waals surface area contributed by atoms with E-state index in [1.807, 2.05) is 32.6 Å².